The van der Waals surface area contributed by atoms with E-state index in [1.54, 1.807) is 11.3 Å². The fraction of sp³-hybridized carbons (Fsp3) is 0.591. The molecule has 0 unspecified atom stereocenters. The van der Waals surface area contributed by atoms with Gasteiger partial charge in [-0.15, -0.1) is 11.3 Å². The first kappa shape index (κ1) is 20.0. The minimum absolute atomic E-state index is 0.134. The Morgan fingerprint density at radius 3 is 3.07 bits per heavy atom. The van der Waals surface area contributed by atoms with E-state index in [0.717, 1.165) is 63.6 Å². The van der Waals surface area contributed by atoms with E-state index in [4.69, 9.17) is 14.5 Å². The molecule has 2 aliphatic heterocycles. The number of nitrogens with one attached hydrogen (secondary N) is 1. The zero-order chi connectivity index (χ0) is 19.4. The SMILES string of the molecule is CC(C)N1CCOC[C@@]2(CC[C@H](CNCc3cccc(-c4cccs4)n3)O2)C1. The second-order valence-electron chi connectivity index (χ2n) is 8.20. The smallest absolute Gasteiger partial charge is 0.105 e. The first-order valence-corrected chi connectivity index (χ1v) is 11.2. The van der Waals surface area contributed by atoms with Crippen LogP contribution < -0.4 is 5.32 Å². The van der Waals surface area contributed by atoms with Crippen molar-refractivity contribution in [2.75, 3.05) is 32.8 Å². The highest BCUT2D eigenvalue weighted by Crippen LogP contribution is 2.33. The van der Waals surface area contributed by atoms with Crippen molar-refractivity contribution in [3.05, 3.63) is 41.4 Å². The van der Waals surface area contributed by atoms with Crippen molar-refractivity contribution in [3.63, 3.8) is 0 Å². The molecule has 0 saturated carbocycles. The lowest BCUT2D eigenvalue weighted by molar-refractivity contribution is -0.0866. The molecule has 2 saturated heterocycles. The second kappa shape index (κ2) is 9.01. The van der Waals surface area contributed by atoms with Gasteiger partial charge in [-0.3, -0.25) is 9.88 Å². The summed E-state index contributed by atoms with van der Waals surface area (Å²) in [4.78, 5) is 8.49. The number of thiophene rings is 1. The molecule has 1 spiro atoms. The molecule has 0 radical (unpaired) electrons. The van der Waals surface area contributed by atoms with Gasteiger partial charge in [0.1, 0.15) is 5.60 Å². The van der Waals surface area contributed by atoms with Crippen LogP contribution in [0.3, 0.4) is 0 Å². The first-order chi connectivity index (χ1) is 13.6. The monoisotopic (exact) mass is 401 g/mol. The largest absolute Gasteiger partial charge is 0.377 e. The number of hydrogen-bond donors (Lipinski definition) is 1. The molecular formula is C22H31N3O2S. The lowest BCUT2D eigenvalue weighted by atomic mass is 9.99. The van der Waals surface area contributed by atoms with E-state index in [1.165, 1.54) is 4.88 Å². The van der Waals surface area contributed by atoms with Crippen LogP contribution in [0.5, 0.6) is 0 Å². The summed E-state index contributed by atoms with van der Waals surface area (Å²) in [5.74, 6) is 0. The van der Waals surface area contributed by atoms with Gasteiger partial charge in [-0.1, -0.05) is 12.1 Å². The highest BCUT2D eigenvalue weighted by atomic mass is 32.1. The third-order valence-electron chi connectivity index (χ3n) is 5.71. The summed E-state index contributed by atoms with van der Waals surface area (Å²) in [7, 11) is 0. The van der Waals surface area contributed by atoms with E-state index in [2.05, 4.69) is 59.8 Å². The molecule has 152 valence electrons. The zero-order valence-corrected chi connectivity index (χ0v) is 17.7. The van der Waals surface area contributed by atoms with Crippen molar-refractivity contribution >= 4 is 11.3 Å². The maximum atomic E-state index is 6.52. The third kappa shape index (κ3) is 4.81. The Morgan fingerprint density at radius 2 is 2.25 bits per heavy atom. The molecule has 5 nitrogen and oxygen atoms in total. The molecule has 4 heterocycles. The van der Waals surface area contributed by atoms with Crippen LogP contribution in [0.15, 0.2) is 35.7 Å². The molecule has 1 N–H and O–H groups in total. The number of nitrogens with zero attached hydrogens (tertiary/aromatic N) is 2. The molecule has 0 amide bonds. The Labute approximate surface area is 172 Å². The van der Waals surface area contributed by atoms with Gasteiger partial charge >= 0.3 is 0 Å². The molecule has 2 aromatic heterocycles. The summed E-state index contributed by atoms with van der Waals surface area (Å²) < 4.78 is 12.4. The number of rotatable bonds is 6. The van der Waals surface area contributed by atoms with Gasteiger partial charge in [0.2, 0.25) is 0 Å². The summed E-state index contributed by atoms with van der Waals surface area (Å²) >= 11 is 1.73. The Hall–Kier alpha value is -1.31. The van der Waals surface area contributed by atoms with Gasteiger partial charge in [0, 0.05) is 32.2 Å². The molecule has 6 heteroatoms. The maximum absolute atomic E-state index is 6.52. The molecule has 2 fully saturated rings. The van der Waals surface area contributed by atoms with E-state index in [-0.39, 0.29) is 11.7 Å². The lowest BCUT2D eigenvalue weighted by Crippen LogP contribution is -2.47. The van der Waals surface area contributed by atoms with E-state index in [0.29, 0.717) is 6.04 Å². The average Bonchev–Trinajstić information content (AvgIpc) is 3.30. The van der Waals surface area contributed by atoms with Crippen molar-refractivity contribution in [1.29, 1.82) is 0 Å². The highest BCUT2D eigenvalue weighted by Gasteiger charge is 2.43. The van der Waals surface area contributed by atoms with Crippen LogP contribution in [0.1, 0.15) is 32.4 Å². The van der Waals surface area contributed by atoms with Crippen LogP contribution >= 0.6 is 11.3 Å². The van der Waals surface area contributed by atoms with Crippen molar-refractivity contribution in [3.8, 4) is 10.6 Å². The predicted octanol–water partition coefficient (Wildman–Crippen LogP) is 3.56. The molecule has 4 rings (SSSR count). The van der Waals surface area contributed by atoms with Gasteiger partial charge in [0.25, 0.3) is 0 Å². The summed E-state index contributed by atoms with van der Waals surface area (Å²) in [5.41, 5.74) is 1.99. The average molecular weight is 402 g/mol. The molecular weight excluding hydrogens is 370 g/mol. The normalized spacial score (nSPS) is 26.2. The molecule has 2 atom stereocenters. The first-order valence-electron chi connectivity index (χ1n) is 10.3. The number of pyridine rings is 1. The maximum Gasteiger partial charge on any atom is 0.105 e. The fourth-order valence-corrected chi connectivity index (χ4v) is 4.83. The molecule has 0 aliphatic carbocycles. The van der Waals surface area contributed by atoms with Crippen LogP contribution in [-0.2, 0) is 16.0 Å². The Morgan fingerprint density at radius 1 is 1.32 bits per heavy atom. The molecule has 2 aromatic rings. The highest BCUT2D eigenvalue weighted by molar-refractivity contribution is 7.13. The van der Waals surface area contributed by atoms with Crippen molar-refractivity contribution in [2.24, 2.45) is 0 Å². The van der Waals surface area contributed by atoms with Crippen molar-refractivity contribution < 1.29 is 9.47 Å². The topological polar surface area (TPSA) is 46.6 Å². The van der Waals surface area contributed by atoms with Gasteiger partial charge in [-0.25, -0.2) is 0 Å². The van der Waals surface area contributed by atoms with Gasteiger partial charge in [0.15, 0.2) is 0 Å². The summed E-state index contributed by atoms with van der Waals surface area (Å²) in [6, 6.07) is 11.0. The van der Waals surface area contributed by atoms with Crippen molar-refractivity contribution in [1.82, 2.24) is 15.2 Å². The standard InChI is InChI=1S/C22H31N3O2S/c1-17(2)25-10-11-26-16-22(15-25)9-8-19(27-22)14-23-13-18-5-3-6-20(24-18)21-7-4-12-28-21/h3-7,12,17,19,23H,8-11,13-16H2,1-2H3/t19-,22-/m1/s1. The quantitative estimate of drug-likeness (QED) is 0.802. The van der Waals surface area contributed by atoms with Crippen LogP contribution in [0.25, 0.3) is 10.6 Å². The van der Waals surface area contributed by atoms with E-state index < -0.39 is 0 Å². The van der Waals surface area contributed by atoms with Gasteiger partial charge < -0.3 is 14.8 Å². The van der Waals surface area contributed by atoms with Crippen LogP contribution in [-0.4, -0.2) is 60.5 Å². The number of ether oxygens (including phenoxy) is 2. The number of aromatic nitrogens is 1. The molecule has 0 bridgehead atoms. The van der Waals surface area contributed by atoms with Gasteiger partial charge in [-0.05, 0) is 50.3 Å². The lowest BCUT2D eigenvalue weighted by Gasteiger charge is -2.34. The summed E-state index contributed by atoms with van der Waals surface area (Å²) in [6.07, 6.45) is 2.41. The number of hydrogen-bond acceptors (Lipinski definition) is 6. The van der Waals surface area contributed by atoms with E-state index >= 15 is 0 Å². The molecule has 0 aromatic carbocycles. The van der Waals surface area contributed by atoms with Gasteiger partial charge in [0.05, 0.1) is 35.6 Å². The minimum atomic E-state index is -0.134. The van der Waals surface area contributed by atoms with Crippen LogP contribution in [0.2, 0.25) is 0 Å². The van der Waals surface area contributed by atoms with Gasteiger partial charge in [-0.2, -0.15) is 0 Å². The zero-order valence-electron chi connectivity index (χ0n) is 16.9. The fourth-order valence-electron chi connectivity index (χ4n) is 4.14. The van der Waals surface area contributed by atoms with Crippen LogP contribution in [0, 0.1) is 0 Å². The van der Waals surface area contributed by atoms with E-state index in [9.17, 15) is 0 Å². The summed E-state index contributed by atoms with van der Waals surface area (Å²) in [6.45, 7) is 9.63. The summed E-state index contributed by atoms with van der Waals surface area (Å²) in [5, 5.41) is 5.64. The van der Waals surface area contributed by atoms with E-state index in [1.807, 2.05) is 0 Å². The van der Waals surface area contributed by atoms with Crippen molar-refractivity contribution in [2.45, 2.75) is 51.0 Å². The Kier molecular flexibility index (Phi) is 6.43. The molecule has 28 heavy (non-hydrogen) atoms. The minimum Gasteiger partial charge on any atom is -0.377 e. The Balaban J connectivity index is 1.29. The third-order valence-corrected chi connectivity index (χ3v) is 6.60. The van der Waals surface area contributed by atoms with Crippen LogP contribution in [0.4, 0.5) is 0 Å². The second-order valence-corrected chi connectivity index (χ2v) is 9.15. The predicted molar refractivity (Wildman–Crippen MR) is 114 cm³/mol. The molecule has 2 aliphatic rings. The Bertz CT molecular complexity index is 752.